The van der Waals surface area contributed by atoms with Crippen LogP contribution < -0.4 is 4.90 Å². The van der Waals surface area contributed by atoms with Crippen LogP contribution in [-0.2, 0) is 6.54 Å². The van der Waals surface area contributed by atoms with Gasteiger partial charge in [-0.3, -0.25) is 9.67 Å². The summed E-state index contributed by atoms with van der Waals surface area (Å²) < 4.78 is 1.94. The van der Waals surface area contributed by atoms with Crippen LogP contribution in [0.15, 0.2) is 24.5 Å². The number of aryl methyl sites for hydroxylation is 1. The first-order valence-electron chi connectivity index (χ1n) is 9.12. The van der Waals surface area contributed by atoms with E-state index in [0.717, 1.165) is 53.7 Å². The Labute approximate surface area is 158 Å². The summed E-state index contributed by atoms with van der Waals surface area (Å²) in [6.45, 7) is 8.18. The Balaban J connectivity index is 1.71. The number of fused-ring (bicyclic) bond motifs is 1. The van der Waals surface area contributed by atoms with Gasteiger partial charge in [-0.25, -0.2) is 9.97 Å². The van der Waals surface area contributed by atoms with E-state index in [1.165, 1.54) is 0 Å². The Hall–Kier alpha value is -2.21. The molecule has 7 heteroatoms. The van der Waals surface area contributed by atoms with Crippen molar-refractivity contribution >= 4 is 28.6 Å². The van der Waals surface area contributed by atoms with Gasteiger partial charge in [0, 0.05) is 31.0 Å². The molecule has 1 aliphatic rings. The van der Waals surface area contributed by atoms with Crippen LogP contribution in [0.2, 0.25) is 5.15 Å². The van der Waals surface area contributed by atoms with Crippen molar-refractivity contribution in [2.45, 2.75) is 46.2 Å². The van der Waals surface area contributed by atoms with Gasteiger partial charge in [-0.1, -0.05) is 25.4 Å². The highest BCUT2D eigenvalue weighted by Gasteiger charge is 2.32. The van der Waals surface area contributed by atoms with Gasteiger partial charge in [-0.15, -0.1) is 0 Å². The van der Waals surface area contributed by atoms with E-state index in [2.05, 4.69) is 33.8 Å². The van der Waals surface area contributed by atoms with E-state index in [9.17, 15) is 0 Å². The lowest BCUT2D eigenvalue weighted by Crippen LogP contribution is -2.24. The number of hydrogen-bond donors (Lipinski definition) is 0. The molecule has 1 atom stereocenters. The molecule has 0 aliphatic carbocycles. The minimum absolute atomic E-state index is 0.199. The topological polar surface area (TPSA) is 59.7 Å². The highest BCUT2D eigenvalue weighted by Crippen LogP contribution is 2.40. The van der Waals surface area contributed by atoms with Crippen molar-refractivity contribution in [1.82, 2.24) is 24.7 Å². The van der Waals surface area contributed by atoms with Crippen LogP contribution in [0.3, 0.4) is 0 Å². The Morgan fingerprint density at radius 3 is 2.85 bits per heavy atom. The number of hydrogen-bond acceptors (Lipinski definition) is 5. The van der Waals surface area contributed by atoms with E-state index in [-0.39, 0.29) is 6.04 Å². The molecule has 0 N–H and O–H groups in total. The third-order valence-corrected chi connectivity index (χ3v) is 5.24. The normalized spacial score (nSPS) is 17.6. The molecule has 3 aromatic rings. The fraction of sp³-hybridized carbons (Fsp3) is 0.474. The molecule has 0 bridgehead atoms. The van der Waals surface area contributed by atoms with Crippen molar-refractivity contribution < 1.29 is 0 Å². The van der Waals surface area contributed by atoms with Gasteiger partial charge in [0.1, 0.15) is 16.5 Å². The van der Waals surface area contributed by atoms with Crippen LogP contribution in [0.5, 0.6) is 0 Å². The lowest BCUT2D eigenvalue weighted by molar-refractivity contribution is 0.481. The van der Waals surface area contributed by atoms with Crippen LogP contribution >= 0.6 is 11.6 Å². The van der Waals surface area contributed by atoms with Crippen LogP contribution in [-0.4, -0.2) is 31.3 Å². The zero-order chi connectivity index (χ0) is 18.3. The zero-order valence-electron chi connectivity index (χ0n) is 15.4. The molecule has 1 aliphatic heterocycles. The molecule has 1 fully saturated rings. The quantitative estimate of drug-likeness (QED) is 0.689. The van der Waals surface area contributed by atoms with Crippen molar-refractivity contribution in [3.63, 3.8) is 0 Å². The van der Waals surface area contributed by atoms with E-state index in [1.807, 2.05) is 23.7 Å². The summed E-state index contributed by atoms with van der Waals surface area (Å²) >= 11 is 6.73. The molecule has 0 aromatic carbocycles. The minimum atomic E-state index is 0.199. The summed E-state index contributed by atoms with van der Waals surface area (Å²) in [5.74, 6) is 1.42. The third kappa shape index (κ3) is 3.03. The predicted octanol–water partition coefficient (Wildman–Crippen LogP) is 4.18. The molecule has 136 valence electrons. The summed E-state index contributed by atoms with van der Waals surface area (Å²) in [6, 6.07) is 4.21. The molecule has 0 spiro atoms. The molecular weight excluding hydrogens is 348 g/mol. The molecule has 4 rings (SSSR count). The maximum absolute atomic E-state index is 6.73. The zero-order valence-corrected chi connectivity index (χ0v) is 16.1. The first kappa shape index (κ1) is 17.2. The lowest BCUT2D eigenvalue weighted by atomic mass is 10.1. The van der Waals surface area contributed by atoms with Gasteiger partial charge in [0.2, 0.25) is 0 Å². The van der Waals surface area contributed by atoms with E-state index in [1.54, 1.807) is 12.4 Å². The SMILES string of the molecule is Cc1nn(CC(C)C)c(Cl)c1C1CCCN1c1ccc2nccnc2n1. The molecule has 1 saturated heterocycles. The largest absolute Gasteiger partial charge is 0.349 e. The van der Waals surface area contributed by atoms with Crippen LogP contribution in [0.4, 0.5) is 5.82 Å². The number of anilines is 1. The average Bonchev–Trinajstić information content (AvgIpc) is 3.19. The number of nitrogens with zero attached hydrogens (tertiary/aromatic N) is 6. The van der Waals surface area contributed by atoms with E-state index in [4.69, 9.17) is 16.6 Å². The van der Waals surface area contributed by atoms with Crippen LogP contribution in [0.25, 0.3) is 11.2 Å². The Kier molecular flexibility index (Phi) is 4.53. The number of pyridine rings is 1. The van der Waals surface area contributed by atoms with Crippen molar-refractivity contribution in [3.05, 3.63) is 40.9 Å². The van der Waals surface area contributed by atoms with Crippen LogP contribution in [0.1, 0.15) is 44.0 Å². The second-order valence-electron chi connectivity index (χ2n) is 7.29. The number of halogens is 1. The van der Waals surface area contributed by atoms with Crippen LogP contribution in [0, 0.1) is 12.8 Å². The standard InChI is InChI=1S/C19H23ClN6/c1-12(2)11-26-18(20)17(13(3)24-26)15-5-4-10-25(15)16-7-6-14-19(23-16)22-9-8-21-14/h6-9,12,15H,4-5,10-11H2,1-3H3. The summed E-state index contributed by atoms with van der Waals surface area (Å²) in [6.07, 6.45) is 5.52. The fourth-order valence-electron chi connectivity index (χ4n) is 3.76. The van der Waals surface area contributed by atoms with Gasteiger partial charge in [0.15, 0.2) is 5.65 Å². The summed E-state index contributed by atoms with van der Waals surface area (Å²) in [5.41, 5.74) is 3.62. The fourth-order valence-corrected chi connectivity index (χ4v) is 4.13. The highest BCUT2D eigenvalue weighted by atomic mass is 35.5. The number of aromatic nitrogens is 5. The van der Waals surface area contributed by atoms with Crippen molar-refractivity contribution in [2.75, 3.05) is 11.4 Å². The van der Waals surface area contributed by atoms with Crippen molar-refractivity contribution in [2.24, 2.45) is 5.92 Å². The van der Waals surface area contributed by atoms with Crippen molar-refractivity contribution in [1.29, 1.82) is 0 Å². The maximum Gasteiger partial charge on any atom is 0.180 e. The van der Waals surface area contributed by atoms with Gasteiger partial charge in [-0.05, 0) is 37.8 Å². The maximum atomic E-state index is 6.73. The van der Waals surface area contributed by atoms with E-state index < -0.39 is 0 Å². The summed E-state index contributed by atoms with van der Waals surface area (Å²) in [7, 11) is 0. The van der Waals surface area contributed by atoms with E-state index in [0.29, 0.717) is 11.6 Å². The first-order chi connectivity index (χ1) is 12.5. The molecule has 4 heterocycles. The molecule has 0 radical (unpaired) electrons. The minimum Gasteiger partial charge on any atom is -0.349 e. The monoisotopic (exact) mass is 370 g/mol. The highest BCUT2D eigenvalue weighted by molar-refractivity contribution is 6.30. The molecule has 6 nitrogen and oxygen atoms in total. The molecule has 1 unspecified atom stereocenters. The Morgan fingerprint density at radius 2 is 2.04 bits per heavy atom. The lowest BCUT2D eigenvalue weighted by Gasteiger charge is -2.26. The van der Waals surface area contributed by atoms with Gasteiger partial charge >= 0.3 is 0 Å². The predicted molar refractivity (Wildman–Crippen MR) is 103 cm³/mol. The number of rotatable bonds is 4. The van der Waals surface area contributed by atoms with Gasteiger partial charge in [0.25, 0.3) is 0 Å². The van der Waals surface area contributed by atoms with Gasteiger partial charge < -0.3 is 4.90 Å². The van der Waals surface area contributed by atoms with Gasteiger partial charge in [0.05, 0.1) is 11.7 Å². The molecule has 26 heavy (non-hydrogen) atoms. The van der Waals surface area contributed by atoms with Gasteiger partial charge in [-0.2, -0.15) is 5.10 Å². The molecule has 0 saturated carbocycles. The Morgan fingerprint density at radius 1 is 1.23 bits per heavy atom. The van der Waals surface area contributed by atoms with E-state index >= 15 is 0 Å². The van der Waals surface area contributed by atoms with Crippen molar-refractivity contribution in [3.8, 4) is 0 Å². The second kappa shape index (κ2) is 6.83. The second-order valence-corrected chi connectivity index (χ2v) is 7.64. The molecule has 3 aromatic heterocycles. The molecular formula is C19H23ClN6. The molecule has 0 amide bonds. The Bertz CT molecular complexity index is 935. The first-order valence-corrected chi connectivity index (χ1v) is 9.49. The summed E-state index contributed by atoms with van der Waals surface area (Å²) in [4.78, 5) is 15.7. The smallest absolute Gasteiger partial charge is 0.180 e. The third-order valence-electron chi connectivity index (χ3n) is 4.84. The summed E-state index contributed by atoms with van der Waals surface area (Å²) in [5, 5.41) is 5.45. The average molecular weight is 371 g/mol.